The zero-order valence-corrected chi connectivity index (χ0v) is 11.4. The van der Waals surface area contributed by atoms with Gasteiger partial charge in [0.05, 0.1) is 10.7 Å². The van der Waals surface area contributed by atoms with Gasteiger partial charge in [-0.1, -0.05) is 0 Å². The van der Waals surface area contributed by atoms with E-state index in [4.69, 9.17) is 0 Å². The van der Waals surface area contributed by atoms with Gasteiger partial charge < -0.3 is 10.6 Å². The Balaban J connectivity index is 1.92. The van der Waals surface area contributed by atoms with Crippen molar-refractivity contribution < 1.29 is 0 Å². The van der Waals surface area contributed by atoms with Crippen molar-refractivity contribution in [3.8, 4) is 0 Å². The number of halogens is 1. The number of aromatic nitrogens is 2. The number of hydrogen-bond donors (Lipinski definition) is 2. The molecule has 17 heavy (non-hydrogen) atoms. The average molecular weight is 311 g/mol. The fourth-order valence-corrected chi connectivity index (χ4v) is 3.19. The predicted octanol–water partition coefficient (Wildman–Crippen LogP) is 2.69. The van der Waals surface area contributed by atoms with Crippen LogP contribution in [0.1, 0.15) is 11.3 Å². The number of rotatable bonds is 2. The highest BCUT2D eigenvalue weighted by Gasteiger charge is 2.15. The first-order valence-electron chi connectivity index (χ1n) is 5.37. The zero-order chi connectivity index (χ0) is 11.7. The van der Waals surface area contributed by atoms with E-state index in [2.05, 4.69) is 42.6 Å². The molecule has 2 aromatic rings. The smallest absolute Gasteiger partial charge is 0.139 e. The molecular weight excluding hydrogens is 300 g/mol. The molecule has 1 aliphatic rings. The van der Waals surface area contributed by atoms with Gasteiger partial charge in [-0.05, 0) is 22.0 Å². The Morgan fingerprint density at radius 3 is 3.18 bits per heavy atom. The molecule has 2 aromatic heterocycles. The highest BCUT2D eigenvalue weighted by Crippen LogP contribution is 2.29. The van der Waals surface area contributed by atoms with Crippen molar-refractivity contribution >= 4 is 38.1 Å². The number of thiophene rings is 1. The van der Waals surface area contributed by atoms with E-state index in [1.165, 1.54) is 5.56 Å². The van der Waals surface area contributed by atoms with Gasteiger partial charge >= 0.3 is 0 Å². The Bertz CT molecular complexity index is 540. The standard InChI is InChI=1S/C11H11BrN4S/c12-7-3-10(17-5-7)16-11-8-4-13-2-1-9(8)14-6-15-11/h3,5-6,13H,1-2,4H2,(H,14,15,16). The predicted molar refractivity (Wildman–Crippen MR) is 72.7 cm³/mol. The monoisotopic (exact) mass is 310 g/mol. The number of fused-ring (bicyclic) bond motifs is 1. The molecule has 0 fully saturated rings. The van der Waals surface area contributed by atoms with E-state index in [1.807, 2.05) is 5.38 Å². The summed E-state index contributed by atoms with van der Waals surface area (Å²) >= 11 is 5.10. The second-order valence-electron chi connectivity index (χ2n) is 3.83. The third-order valence-corrected chi connectivity index (χ3v) is 4.29. The molecule has 0 spiro atoms. The van der Waals surface area contributed by atoms with E-state index in [-0.39, 0.29) is 0 Å². The molecule has 0 aliphatic carbocycles. The normalized spacial score (nSPS) is 14.4. The molecule has 0 saturated carbocycles. The highest BCUT2D eigenvalue weighted by molar-refractivity contribution is 9.10. The summed E-state index contributed by atoms with van der Waals surface area (Å²) in [6, 6.07) is 2.05. The lowest BCUT2D eigenvalue weighted by Gasteiger charge is -2.18. The summed E-state index contributed by atoms with van der Waals surface area (Å²) in [6.45, 7) is 1.83. The first kappa shape index (κ1) is 11.1. The van der Waals surface area contributed by atoms with Crippen LogP contribution in [0.25, 0.3) is 0 Å². The van der Waals surface area contributed by atoms with Crippen LogP contribution in [0.3, 0.4) is 0 Å². The number of nitrogens with zero attached hydrogens (tertiary/aromatic N) is 2. The van der Waals surface area contributed by atoms with Crippen molar-refractivity contribution in [1.82, 2.24) is 15.3 Å². The third-order valence-electron chi connectivity index (χ3n) is 2.68. The van der Waals surface area contributed by atoms with Gasteiger partial charge in [0, 0.05) is 34.9 Å². The maximum absolute atomic E-state index is 4.33. The molecule has 3 heterocycles. The average Bonchev–Trinajstić information content (AvgIpc) is 2.75. The van der Waals surface area contributed by atoms with Crippen LogP contribution in [0.15, 0.2) is 22.2 Å². The van der Waals surface area contributed by atoms with Gasteiger partial charge in [-0.2, -0.15) is 0 Å². The van der Waals surface area contributed by atoms with Crippen molar-refractivity contribution in [2.75, 3.05) is 11.9 Å². The van der Waals surface area contributed by atoms with Crippen molar-refractivity contribution in [1.29, 1.82) is 0 Å². The lowest BCUT2D eigenvalue weighted by molar-refractivity contribution is 0.628. The Morgan fingerprint density at radius 1 is 1.41 bits per heavy atom. The van der Waals surface area contributed by atoms with Crippen molar-refractivity contribution in [3.63, 3.8) is 0 Å². The van der Waals surface area contributed by atoms with Gasteiger partial charge in [-0.3, -0.25) is 0 Å². The maximum atomic E-state index is 4.33. The summed E-state index contributed by atoms with van der Waals surface area (Å²) in [5.41, 5.74) is 2.33. The Hall–Kier alpha value is -0.980. The lowest BCUT2D eigenvalue weighted by Crippen LogP contribution is -2.25. The zero-order valence-electron chi connectivity index (χ0n) is 9.03. The Morgan fingerprint density at radius 2 is 2.35 bits per heavy atom. The summed E-state index contributed by atoms with van der Waals surface area (Å²) in [4.78, 5) is 8.66. The van der Waals surface area contributed by atoms with E-state index in [0.717, 1.165) is 40.5 Å². The first-order chi connectivity index (χ1) is 8.33. The molecule has 0 radical (unpaired) electrons. The Labute approximate surface area is 112 Å². The van der Waals surface area contributed by atoms with Gasteiger partial charge in [0.25, 0.3) is 0 Å². The SMILES string of the molecule is Brc1csc(Nc2ncnc3c2CNCC3)c1. The largest absolute Gasteiger partial charge is 0.332 e. The fraction of sp³-hybridized carbons (Fsp3) is 0.273. The van der Waals surface area contributed by atoms with Crippen molar-refractivity contribution in [3.05, 3.63) is 33.5 Å². The summed E-state index contributed by atoms with van der Waals surface area (Å²) in [7, 11) is 0. The quantitative estimate of drug-likeness (QED) is 0.895. The topological polar surface area (TPSA) is 49.8 Å². The minimum absolute atomic E-state index is 0.838. The second-order valence-corrected chi connectivity index (χ2v) is 5.66. The van der Waals surface area contributed by atoms with Gasteiger partial charge in [0.2, 0.25) is 0 Å². The van der Waals surface area contributed by atoms with Crippen LogP contribution in [-0.4, -0.2) is 16.5 Å². The number of nitrogens with one attached hydrogen (secondary N) is 2. The summed E-state index contributed by atoms with van der Waals surface area (Å²) in [5.74, 6) is 0.913. The van der Waals surface area contributed by atoms with Crippen molar-refractivity contribution in [2.45, 2.75) is 13.0 Å². The summed E-state index contributed by atoms with van der Waals surface area (Å²) in [6.07, 6.45) is 2.61. The number of anilines is 2. The summed E-state index contributed by atoms with van der Waals surface area (Å²) in [5, 5.41) is 9.83. The molecule has 0 amide bonds. The van der Waals surface area contributed by atoms with E-state index in [0.29, 0.717) is 0 Å². The van der Waals surface area contributed by atoms with E-state index >= 15 is 0 Å². The third kappa shape index (κ3) is 2.34. The molecule has 0 aromatic carbocycles. The lowest BCUT2D eigenvalue weighted by atomic mass is 10.1. The van der Waals surface area contributed by atoms with E-state index < -0.39 is 0 Å². The van der Waals surface area contributed by atoms with E-state index in [1.54, 1.807) is 17.7 Å². The van der Waals surface area contributed by atoms with Crippen LogP contribution < -0.4 is 10.6 Å². The van der Waals surface area contributed by atoms with Crippen LogP contribution >= 0.6 is 27.3 Å². The molecule has 88 valence electrons. The van der Waals surface area contributed by atoms with E-state index in [9.17, 15) is 0 Å². The van der Waals surface area contributed by atoms with Crippen LogP contribution in [0.4, 0.5) is 10.8 Å². The van der Waals surface area contributed by atoms with Crippen molar-refractivity contribution in [2.24, 2.45) is 0 Å². The maximum Gasteiger partial charge on any atom is 0.139 e. The van der Waals surface area contributed by atoms with Gasteiger partial charge in [0.15, 0.2) is 0 Å². The molecule has 0 unspecified atom stereocenters. The molecule has 0 bridgehead atoms. The van der Waals surface area contributed by atoms with Gasteiger partial charge in [0.1, 0.15) is 12.1 Å². The van der Waals surface area contributed by atoms with Crippen LogP contribution in [-0.2, 0) is 13.0 Å². The minimum Gasteiger partial charge on any atom is -0.332 e. The molecule has 6 heteroatoms. The van der Waals surface area contributed by atoms with Gasteiger partial charge in [-0.25, -0.2) is 9.97 Å². The molecule has 2 N–H and O–H groups in total. The molecule has 0 atom stereocenters. The molecule has 3 rings (SSSR count). The van der Waals surface area contributed by atoms with Crippen LogP contribution in [0.2, 0.25) is 0 Å². The van der Waals surface area contributed by atoms with Crippen LogP contribution in [0, 0.1) is 0 Å². The van der Waals surface area contributed by atoms with Gasteiger partial charge in [-0.15, -0.1) is 11.3 Å². The highest BCUT2D eigenvalue weighted by atomic mass is 79.9. The minimum atomic E-state index is 0.838. The first-order valence-corrected chi connectivity index (χ1v) is 7.05. The van der Waals surface area contributed by atoms with Crippen LogP contribution in [0.5, 0.6) is 0 Å². The molecular formula is C11H11BrN4S. The number of hydrogen-bond acceptors (Lipinski definition) is 5. The molecule has 4 nitrogen and oxygen atoms in total. The molecule has 1 aliphatic heterocycles. The fourth-order valence-electron chi connectivity index (χ4n) is 1.87. The summed E-state index contributed by atoms with van der Waals surface area (Å²) < 4.78 is 1.09. The second kappa shape index (κ2) is 4.72. The molecule has 0 saturated heterocycles. The Kier molecular flexibility index (Phi) is 3.09.